The first-order valence-electron chi connectivity index (χ1n) is 13.8. The molecule has 0 atom stereocenters. The molecule has 0 spiro atoms. The Kier molecular flexibility index (Phi) is 40.5. The molecule has 0 aliphatic carbocycles. The van der Waals surface area contributed by atoms with Gasteiger partial charge in [0.15, 0.2) is 0 Å². The molecule has 35 heavy (non-hydrogen) atoms. The molecule has 0 fully saturated rings. The molecule has 2 N–H and O–H groups in total. The second-order valence-corrected chi connectivity index (χ2v) is 10.1. The van der Waals surface area contributed by atoms with Crippen LogP contribution >= 0.6 is 0 Å². The predicted molar refractivity (Wildman–Crippen MR) is 155 cm³/mol. The molecule has 0 aromatic carbocycles. The molecule has 0 heterocycles. The second-order valence-electron chi connectivity index (χ2n) is 10.1. The quantitative estimate of drug-likeness (QED) is 0.166. The number of hydrogen-bond donors (Lipinski definition) is 2. The van der Waals surface area contributed by atoms with E-state index in [9.17, 15) is 9.59 Å². The van der Waals surface area contributed by atoms with Crippen molar-refractivity contribution in [2.24, 2.45) is 0 Å². The van der Waals surface area contributed by atoms with Crippen molar-refractivity contribution in [2.45, 2.75) is 117 Å². The van der Waals surface area contributed by atoms with E-state index >= 15 is 0 Å². The topological polar surface area (TPSA) is 72.9 Å². The summed E-state index contributed by atoms with van der Waals surface area (Å²) in [5, 5.41) is 11.2. The first-order valence-corrected chi connectivity index (χ1v) is 13.8. The van der Waals surface area contributed by atoms with Gasteiger partial charge in [0, 0.05) is 18.5 Å². The van der Waals surface area contributed by atoms with E-state index in [2.05, 4.69) is 18.8 Å². The molecule has 0 radical (unpaired) electrons. The Morgan fingerprint density at radius 3 is 1.23 bits per heavy atom. The smallest absolute Gasteiger partial charge is 0.303 e. The van der Waals surface area contributed by atoms with Gasteiger partial charge in [0.25, 0.3) is 0 Å². The number of hydrogen-bond acceptors (Lipinski definition) is 4. The number of carbonyl (C=O) groups excluding carboxylic acids is 1. The van der Waals surface area contributed by atoms with Crippen LogP contribution in [0.1, 0.15) is 117 Å². The highest BCUT2D eigenvalue weighted by molar-refractivity contribution is 5.91. The third kappa shape index (κ3) is 65.4. The van der Waals surface area contributed by atoms with Gasteiger partial charge in [-0.3, -0.25) is 9.59 Å². The Bertz CT molecular complexity index is 441. The summed E-state index contributed by atoms with van der Waals surface area (Å²) >= 11 is 0. The minimum atomic E-state index is -0.655. The van der Waals surface area contributed by atoms with Gasteiger partial charge < -0.3 is 20.2 Å². The average Bonchev–Trinajstić information content (AvgIpc) is 2.74. The van der Waals surface area contributed by atoms with Crippen LogP contribution in [-0.2, 0) is 9.59 Å². The number of rotatable bonds is 17. The average molecular weight is 502 g/mol. The van der Waals surface area contributed by atoms with Crippen molar-refractivity contribution in [3.05, 3.63) is 12.2 Å². The highest BCUT2D eigenvalue weighted by Gasteiger charge is 1.97. The van der Waals surface area contributed by atoms with Crippen molar-refractivity contribution in [2.75, 3.05) is 48.8 Å². The first kappa shape index (κ1) is 40.8. The molecule has 0 saturated heterocycles. The molecule has 0 bridgehead atoms. The van der Waals surface area contributed by atoms with E-state index in [1.54, 1.807) is 6.92 Å². The number of carbonyl (C=O) groups is 2. The molecule has 0 aromatic heterocycles. The van der Waals surface area contributed by atoms with E-state index < -0.39 is 5.97 Å². The van der Waals surface area contributed by atoms with E-state index in [-0.39, 0.29) is 5.91 Å². The zero-order valence-electron chi connectivity index (χ0n) is 25.2. The van der Waals surface area contributed by atoms with Crippen molar-refractivity contribution in [3.63, 3.8) is 0 Å². The van der Waals surface area contributed by atoms with Gasteiger partial charge in [0.05, 0.1) is 0 Å². The molecule has 0 aromatic rings. The van der Waals surface area contributed by atoms with Crippen LogP contribution in [0.4, 0.5) is 0 Å². The van der Waals surface area contributed by atoms with Gasteiger partial charge in [-0.25, -0.2) is 0 Å². The number of carboxylic acids is 1. The zero-order chi connectivity index (χ0) is 27.9. The summed E-state index contributed by atoms with van der Waals surface area (Å²) in [6.07, 6.45) is 18.2. The highest BCUT2D eigenvalue weighted by atomic mass is 16.4. The molecule has 6 nitrogen and oxygen atoms in total. The van der Waals surface area contributed by atoms with E-state index in [1.165, 1.54) is 70.6 Å². The largest absolute Gasteiger partial charge is 0.481 e. The Morgan fingerprint density at radius 2 is 0.971 bits per heavy atom. The summed E-state index contributed by atoms with van der Waals surface area (Å²) in [5.74, 6) is -0.699. The standard InChI is InChI=1S/C16H32O2.C7H13NO.2C3H9N/c1-2-3-4-5-6-7-8-9-10-11-12-13-14-15-16(17)18;1-4-5-8-7(9)6(2)3;2*1-4(2)3/h2-15H2,1H3,(H,17,18);2,4-5H2,1,3H3,(H,8,9);2*1-3H3. The lowest BCUT2D eigenvalue weighted by molar-refractivity contribution is -0.137. The predicted octanol–water partition coefficient (Wildman–Crippen LogP) is 7.00. The maximum atomic E-state index is 10.7. The summed E-state index contributed by atoms with van der Waals surface area (Å²) in [6, 6.07) is 0. The number of carboxylic acid groups (broad SMARTS) is 1. The summed E-state index contributed by atoms with van der Waals surface area (Å²) < 4.78 is 0. The Labute approximate surface area is 219 Å². The van der Waals surface area contributed by atoms with Gasteiger partial charge in [-0.15, -0.1) is 0 Å². The Hall–Kier alpha value is -1.40. The zero-order valence-corrected chi connectivity index (χ0v) is 25.2. The Balaban J connectivity index is -0.000000233. The SMILES string of the molecule is C=C(C)C(=O)NCCC.CCCCCCCCCCCCCCCC(=O)O.CN(C)C.CN(C)C. The fourth-order valence-corrected chi connectivity index (χ4v) is 2.68. The van der Waals surface area contributed by atoms with Crippen LogP contribution in [0.25, 0.3) is 0 Å². The third-order valence-electron chi connectivity index (χ3n) is 4.42. The Morgan fingerprint density at radius 1 is 0.657 bits per heavy atom. The minimum Gasteiger partial charge on any atom is -0.481 e. The normalized spacial score (nSPS) is 9.80. The van der Waals surface area contributed by atoms with Crippen LogP contribution < -0.4 is 5.32 Å². The van der Waals surface area contributed by atoms with Crippen molar-refractivity contribution in [1.82, 2.24) is 15.1 Å². The van der Waals surface area contributed by atoms with Crippen LogP contribution in [0.2, 0.25) is 0 Å². The van der Waals surface area contributed by atoms with Crippen molar-refractivity contribution in [1.29, 1.82) is 0 Å². The molecule has 1 amide bonds. The number of amides is 1. The van der Waals surface area contributed by atoms with E-state index in [4.69, 9.17) is 5.11 Å². The van der Waals surface area contributed by atoms with E-state index in [0.29, 0.717) is 12.0 Å². The van der Waals surface area contributed by atoms with Crippen molar-refractivity contribution < 1.29 is 14.7 Å². The van der Waals surface area contributed by atoms with Gasteiger partial charge in [-0.1, -0.05) is 97.5 Å². The molecule has 0 saturated carbocycles. The summed E-state index contributed by atoms with van der Waals surface area (Å²) in [6.45, 7) is 10.2. The van der Waals surface area contributed by atoms with Gasteiger partial charge in [-0.05, 0) is 62.1 Å². The van der Waals surface area contributed by atoms with Crippen LogP contribution in [0.5, 0.6) is 0 Å². The van der Waals surface area contributed by atoms with E-state index in [0.717, 1.165) is 25.8 Å². The lowest BCUT2D eigenvalue weighted by atomic mass is 10.0. The number of nitrogens with zero attached hydrogens (tertiary/aromatic N) is 2. The lowest BCUT2D eigenvalue weighted by Crippen LogP contribution is -2.24. The molecular formula is C29H63N3O3. The monoisotopic (exact) mass is 501 g/mol. The maximum absolute atomic E-state index is 10.7. The third-order valence-corrected chi connectivity index (χ3v) is 4.42. The second kappa shape index (κ2) is 34.8. The lowest BCUT2D eigenvalue weighted by Gasteiger charge is -2.02. The number of aliphatic carboxylic acids is 1. The summed E-state index contributed by atoms with van der Waals surface area (Å²) in [5.41, 5.74) is 0.573. The number of nitrogens with one attached hydrogen (secondary N) is 1. The molecule has 0 unspecified atom stereocenters. The van der Waals surface area contributed by atoms with Crippen LogP contribution in [0.15, 0.2) is 12.2 Å². The van der Waals surface area contributed by atoms with Gasteiger partial charge in [-0.2, -0.15) is 0 Å². The molecule has 212 valence electrons. The summed E-state index contributed by atoms with van der Waals surface area (Å²) in [7, 11) is 12.0. The minimum absolute atomic E-state index is 0.0446. The summed E-state index contributed by atoms with van der Waals surface area (Å²) in [4.78, 5) is 25.0. The fraction of sp³-hybridized carbons (Fsp3) is 0.862. The fourth-order valence-electron chi connectivity index (χ4n) is 2.68. The molecular weight excluding hydrogens is 438 g/mol. The van der Waals surface area contributed by atoms with Crippen LogP contribution in [0, 0.1) is 0 Å². The molecule has 0 rings (SSSR count). The molecule has 0 aliphatic rings. The van der Waals surface area contributed by atoms with Crippen LogP contribution in [0.3, 0.4) is 0 Å². The first-order chi connectivity index (χ1) is 16.4. The highest BCUT2D eigenvalue weighted by Crippen LogP contribution is 2.12. The van der Waals surface area contributed by atoms with Crippen molar-refractivity contribution in [3.8, 4) is 0 Å². The molecule has 6 heteroatoms. The van der Waals surface area contributed by atoms with E-state index in [1.807, 2.05) is 59.0 Å². The van der Waals surface area contributed by atoms with Gasteiger partial charge in [0.2, 0.25) is 5.91 Å². The van der Waals surface area contributed by atoms with Gasteiger partial charge in [0.1, 0.15) is 0 Å². The van der Waals surface area contributed by atoms with Gasteiger partial charge >= 0.3 is 5.97 Å². The molecule has 0 aliphatic heterocycles. The maximum Gasteiger partial charge on any atom is 0.303 e. The van der Waals surface area contributed by atoms with Crippen molar-refractivity contribution >= 4 is 11.9 Å². The number of unbranched alkanes of at least 4 members (excludes halogenated alkanes) is 12. The van der Waals surface area contributed by atoms with Crippen LogP contribution in [-0.4, -0.2) is 75.6 Å².